The van der Waals surface area contributed by atoms with Gasteiger partial charge in [-0.1, -0.05) is 13.8 Å². The van der Waals surface area contributed by atoms with Crippen molar-refractivity contribution in [3.8, 4) is 0 Å². The molecule has 21 heavy (non-hydrogen) atoms. The summed E-state index contributed by atoms with van der Waals surface area (Å²) in [4.78, 5) is 14.5. The third-order valence-electron chi connectivity index (χ3n) is 4.25. The summed E-state index contributed by atoms with van der Waals surface area (Å²) in [6.45, 7) is 7.12. The molecular weight excluding hydrogens is 268 g/mol. The molecule has 5 nitrogen and oxygen atoms in total. The highest BCUT2D eigenvalue weighted by Gasteiger charge is 2.29. The summed E-state index contributed by atoms with van der Waals surface area (Å²) in [6, 6.07) is -0.409. The second-order valence-corrected chi connectivity index (χ2v) is 6.75. The van der Waals surface area contributed by atoms with Gasteiger partial charge >= 0.3 is 0 Å². The second-order valence-electron chi connectivity index (χ2n) is 6.75. The average Bonchev–Trinajstić information content (AvgIpc) is 3.09. The highest BCUT2D eigenvalue weighted by Crippen LogP contribution is 2.18. The topological polar surface area (TPSA) is 64.8 Å². The normalized spacial score (nSPS) is 27.2. The lowest BCUT2D eigenvalue weighted by atomic mass is 10.0. The molecule has 2 aliphatic heterocycles. The SMILES string of the molecule is CC(C)C[C@H](N)C(=O)N(CC1CCCO1)CC1CCCO1. The van der Waals surface area contributed by atoms with Crippen LogP contribution in [0.2, 0.25) is 0 Å². The Bertz CT molecular complexity index is 305. The molecule has 2 saturated heterocycles. The van der Waals surface area contributed by atoms with Crippen LogP contribution in [0.3, 0.4) is 0 Å². The van der Waals surface area contributed by atoms with E-state index in [4.69, 9.17) is 15.2 Å². The van der Waals surface area contributed by atoms with E-state index in [9.17, 15) is 4.79 Å². The van der Waals surface area contributed by atoms with Gasteiger partial charge in [0.05, 0.1) is 18.2 Å². The van der Waals surface area contributed by atoms with Gasteiger partial charge in [-0.2, -0.15) is 0 Å². The van der Waals surface area contributed by atoms with Gasteiger partial charge in [0, 0.05) is 26.3 Å². The van der Waals surface area contributed by atoms with Gasteiger partial charge in [-0.15, -0.1) is 0 Å². The molecule has 1 amide bonds. The zero-order chi connectivity index (χ0) is 15.2. The molecule has 0 saturated carbocycles. The van der Waals surface area contributed by atoms with Crippen LogP contribution in [-0.4, -0.2) is 55.4 Å². The molecule has 0 aliphatic carbocycles. The van der Waals surface area contributed by atoms with Crippen molar-refractivity contribution in [2.24, 2.45) is 11.7 Å². The summed E-state index contributed by atoms with van der Waals surface area (Å²) in [7, 11) is 0. The van der Waals surface area contributed by atoms with E-state index >= 15 is 0 Å². The van der Waals surface area contributed by atoms with Gasteiger partial charge in [0.25, 0.3) is 0 Å². The van der Waals surface area contributed by atoms with Gasteiger partial charge in [0.15, 0.2) is 0 Å². The quantitative estimate of drug-likeness (QED) is 0.774. The van der Waals surface area contributed by atoms with Crippen LogP contribution in [0.4, 0.5) is 0 Å². The van der Waals surface area contributed by atoms with E-state index in [1.54, 1.807) is 0 Å². The first-order valence-electron chi connectivity index (χ1n) is 8.34. The van der Waals surface area contributed by atoms with Crippen LogP contribution in [0.1, 0.15) is 46.0 Å². The number of rotatable bonds is 7. The molecular formula is C16H30N2O3. The number of hydrogen-bond donors (Lipinski definition) is 1. The molecule has 0 spiro atoms. The van der Waals surface area contributed by atoms with Crippen molar-refractivity contribution < 1.29 is 14.3 Å². The first kappa shape index (κ1) is 16.7. The number of nitrogens with two attached hydrogens (primary N) is 1. The van der Waals surface area contributed by atoms with Crippen LogP contribution in [0, 0.1) is 5.92 Å². The van der Waals surface area contributed by atoms with Crippen molar-refractivity contribution in [1.29, 1.82) is 0 Å². The zero-order valence-corrected chi connectivity index (χ0v) is 13.4. The fraction of sp³-hybridized carbons (Fsp3) is 0.938. The zero-order valence-electron chi connectivity index (χ0n) is 13.4. The maximum absolute atomic E-state index is 12.6. The number of ether oxygens (including phenoxy) is 2. The molecule has 2 fully saturated rings. The number of amides is 1. The van der Waals surface area contributed by atoms with Gasteiger partial charge in [-0.3, -0.25) is 4.79 Å². The molecule has 2 rings (SSSR count). The largest absolute Gasteiger partial charge is 0.376 e. The third kappa shape index (κ3) is 5.24. The van der Waals surface area contributed by atoms with Crippen molar-refractivity contribution in [3.05, 3.63) is 0 Å². The Morgan fingerprint density at radius 3 is 2.05 bits per heavy atom. The molecule has 0 aromatic rings. The predicted octanol–water partition coefficient (Wildman–Crippen LogP) is 1.55. The highest BCUT2D eigenvalue weighted by atomic mass is 16.5. The maximum atomic E-state index is 12.6. The van der Waals surface area contributed by atoms with Crippen molar-refractivity contribution >= 4 is 5.91 Å². The van der Waals surface area contributed by atoms with Gasteiger partial charge in [0.2, 0.25) is 5.91 Å². The average molecular weight is 298 g/mol. The smallest absolute Gasteiger partial charge is 0.239 e. The van der Waals surface area contributed by atoms with Crippen molar-refractivity contribution in [3.63, 3.8) is 0 Å². The predicted molar refractivity (Wildman–Crippen MR) is 82.0 cm³/mol. The van der Waals surface area contributed by atoms with E-state index in [1.165, 1.54) is 0 Å². The number of carbonyl (C=O) groups excluding carboxylic acids is 1. The van der Waals surface area contributed by atoms with E-state index in [0.29, 0.717) is 19.0 Å². The van der Waals surface area contributed by atoms with Gasteiger partial charge in [0.1, 0.15) is 0 Å². The van der Waals surface area contributed by atoms with Gasteiger partial charge < -0.3 is 20.1 Å². The first-order chi connectivity index (χ1) is 10.1. The monoisotopic (exact) mass is 298 g/mol. The Morgan fingerprint density at radius 1 is 1.14 bits per heavy atom. The lowest BCUT2D eigenvalue weighted by Crippen LogP contribution is -2.49. The third-order valence-corrected chi connectivity index (χ3v) is 4.25. The summed E-state index contributed by atoms with van der Waals surface area (Å²) >= 11 is 0. The Kier molecular flexibility index (Phi) is 6.45. The molecule has 0 bridgehead atoms. The lowest BCUT2D eigenvalue weighted by Gasteiger charge is -2.30. The molecule has 5 heteroatoms. The van der Waals surface area contributed by atoms with Crippen LogP contribution in [0.25, 0.3) is 0 Å². The molecule has 2 unspecified atom stereocenters. The standard InChI is InChI=1S/C16H30N2O3/c1-12(2)9-15(17)16(19)18(10-13-5-3-7-20-13)11-14-6-4-8-21-14/h12-15H,3-11,17H2,1-2H3/t13?,14?,15-/m0/s1. The summed E-state index contributed by atoms with van der Waals surface area (Å²) in [5, 5.41) is 0. The maximum Gasteiger partial charge on any atom is 0.239 e. The molecule has 0 aromatic carbocycles. The van der Waals surface area contributed by atoms with Gasteiger partial charge in [-0.05, 0) is 38.0 Å². The summed E-state index contributed by atoms with van der Waals surface area (Å²) in [5.74, 6) is 0.478. The Morgan fingerprint density at radius 2 is 1.67 bits per heavy atom. The van der Waals surface area contributed by atoms with Crippen molar-refractivity contribution in [2.45, 2.75) is 64.2 Å². The van der Waals surface area contributed by atoms with Crippen LogP contribution in [-0.2, 0) is 14.3 Å². The van der Waals surface area contributed by atoms with E-state index < -0.39 is 6.04 Å². The Hall–Kier alpha value is -0.650. The van der Waals surface area contributed by atoms with Crippen LogP contribution >= 0.6 is 0 Å². The van der Waals surface area contributed by atoms with Gasteiger partial charge in [-0.25, -0.2) is 0 Å². The minimum Gasteiger partial charge on any atom is -0.376 e. The van der Waals surface area contributed by atoms with E-state index in [0.717, 1.165) is 45.3 Å². The van der Waals surface area contributed by atoms with Crippen LogP contribution < -0.4 is 5.73 Å². The number of hydrogen-bond acceptors (Lipinski definition) is 4. The van der Waals surface area contributed by atoms with Crippen molar-refractivity contribution in [1.82, 2.24) is 4.90 Å². The fourth-order valence-electron chi connectivity index (χ4n) is 3.17. The molecule has 0 aromatic heterocycles. The molecule has 122 valence electrons. The van der Waals surface area contributed by atoms with E-state index in [-0.39, 0.29) is 18.1 Å². The minimum atomic E-state index is -0.409. The summed E-state index contributed by atoms with van der Waals surface area (Å²) < 4.78 is 11.4. The Balaban J connectivity index is 1.93. The summed E-state index contributed by atoms with van der Waals surface area (Å²) in [6.07, 6.45) is 5.31. The van der Waals surface area contributed by atoms with E-state index in [1.807, 2.05) is 4.90 Å². The molecule has 2 N–H and O–H groups in total. The molecule has 3 atom stereocenters. The van der Waals surface area contributed by atoms with Crippen LogP contribution in [0.15, 0.2) is 0 Å². The molecule has 2 aliphatic rings. The Labute approximate surface area is 128 Å². The van der Waals surface area contributed by atoms with Crippen LogP contribution in [0.5, 0.6) is 0 Å². The second kappa shape index (κ2) is 8.11. The molecule has 0 radical (unpaired) electrons. The minimum absolute atomic E-state index is 0.0506. The number of carbonyl (C=O) groups is 1. The van der Waals surface area contributed by atoms with Crippen molar-refractivity contribution in [2.75, 3.05) is 26.3 Å². The molecule has 2 heterocycles. The number of nitrogens with zero attached hydrogens (tertiary/aromatic N) is 1. The lowest BCUT2D eigenvalue weighted by molar-refractivity contribution is -0.136. The first-order valence-corrected chi connectivity index (χ1v) is 8.34. The highest BCUT2D eigenvalue weighted by molar-refractivity contribution is 5.81. The van der Waals surface area contributed by atoms with E-state index in [2.05, 4.69) is 13.8 Å². The summed E-state index contributed by atoms with van der Waals surface area (Å²) in [5.41, 5.74) is 6.09. The fourth-order valence-corrected chi connectivity index (χ4v) is 3.17.